The quantitative estimate of drug-likeness (QED) is 0.873. The van der Waals surface area contributed by atoms with Crippen molar-refractivity contribution in [1.29, 1.82) is 0 Å². The molecule has 0 radical (unpaired) electrons. The molecule has 2 aromatic carbocycles. The molecule has 0 aliphatic heterocycles. The Morgan fingerprint density at radius 2 is 1.84 bits per heavy atom. The van der Waals surface area contributed by atoms with Crippen LogP contribution in [-0.4, -0.2) is 11.3 Å². The van der Waals surface area contributed by atoms with Crippen LogP contribution in [0.15, 0.2) is 47.4 Å². The smallest absolute Gasteiger partial charge is 0.123 e. The fourth-order valence-electron chi connectivity index (χ4n) is 1.83. The van der Waals surface area contributed by atoms with Gasteiger partial charge in [0.1, 0.15) is 5.75 Å². The highest BCUT2D eigenvalue weighted by atomic mass is 32.2. The second kappa shape index (κ2) is 5.89. The van der Waals surface area contributed by atoms with Gasteiger partial charge in [-0.15, -0.1) is 0 Å². The van der Waals surface area contributed by atoms with Crippen LogP contribution in [0, 0.1) is 6.92 Å². The second-order valence-corrected chi connectivity index (χ2v) is 5.83. The van der Waals surface area contributed by atoms with Gasteiger partial charge in [0.25, 0.3) is 0 Å². The molecule has 0 spiro atoms. The molecule has 2 N–H and O–H groups in total. The predicted molar refractivity (Wildman–Crippen MR) is 78.7 cm³/mol. The molecule has 1 unspecified atom stereocenters. The number of ether oxygens (including phenoxy) is 1. The molecule has 0 heterocycles. The summed E-state index contributed by atoms with van der Waals surface area (Å²) in [6.45, 7) is 2.01. The summed E-state index contributed by atoms with van der Waals surface area (Å²) in [5, 5.41) is 0. The molecule has 0 amide bonds. The van der Waals surface area contributed by atoms with Gasteiger partial charge < -0.3 is 10.5 Å². The van der Waals surface area contributed by atoms with Crippen LogP contribution in [0.2, 0.25) is 0 Å². The summed E-state index contributed by atoms with van der Waals surface area (Å²) in [5.41, 5.74) is 8.43. The van der Waals surface area contributed by atoms with Crippen LogP contribution in [0.5, 0.6) is 5.75 Å². The average molecular weight is 275 g/mol. The zero-order valence-corrected chi connectivity index (χ0v) is 11.9. The molecule has 0 saturated heterocycles. The topological polar surface area (TPSA) is 52.3 Å². The van der Waals surface area contributed by atoms with Crippen LogP contribution in [0.1, 0.15) is 11.1 Å². The summed E-state index contributed by atoms with van der Waals surface area (Å²) in [6, 6.07) is 13.1. The first-order valence-electron chi connectivity index (χ1n) is 5.97. The predicted octanol–water partition coefficient (Wildman–Crippen LogP) is 2.89. The fraction of sp³-hybridized carbons (Fsp3) is 0.200. The molecule has 100 valence electrons. The maximum absolute atomic E-state index is 12.3. The van der Waals surface area contributed by atoms with Crippen LogP contribution >= 0.6 is 0 Å². The maximum Gasteiger partial charge on any atom is 0.123 e. The molecule has 0 bridgehead atoms. The minimum Gasteiger partial charge on any atom is -0.496 e. The Kier molecular flexibility index (Phi) is 4.22. The van der Waals surface area contributed by atoms with Crippen LogP contribution in [-0.2, 0) is 16.6 Å². The highest BCUT2D eigenvalue weighted by Gasteiger charge is 2.10. The molecule has 3 nitrogen and oxygen atoms in total. The first kappa shape index (κ1) is 13.6. The van der Waals surface area contributed by atoms with Crippen molar-refractivity contribution in [2.75, 3.05) is 12.8 Å². The fourth-order valence-corrected chi connectivity index (χ4v) is 2.94. The SMILES string of the molecule is COc1ccc(N)cc1CS(=O)c1ccc(C)cc1. The normalized spacial score (nSPS) is 12.1. The molecule has 0 aliphatic rings. The number of hydrogen-bond donors (Lipinski definition) is 1. The summed E-state index contributed by atoms with van der Waals surface area (Å²) >= 11 is 0. The highest BCUT2D eigenvalue weighted by Crippen LogP contribution is 2.24. The molecule has 0 aromatic heterocycles. The molecule has 0 saturated carbocycles. The second-order valence-electron chi connectivity index (χ2n) is 4.37. The number of benzene rings is 2. The highest BCUT2D eigenvalue weighted by molar-refractivity contribution is 7.84. The lowest BCUT2D eigenvalue weighted by atomic mass is 10.2. The van der Waals surface area contributed by atoms with Gasteiger partial charge in [0.15, 0.2) is 0 Å². The Morgan fingerprint density at radius 3 is 2.47 bits per heavy atom. The van der Waals surface area contributed by atoms with E-state index in [-0.39, 0.29) is 0 Å². The third-order valence-corrected chi connectivity index (χ3v) is 4.25. The molecule has 0 aliphatic carbocycles. The van der Waals surface area contributed by atoms with E-state index in [1.807, 2.05) is 37.3 Å². The third-order valence-electron chi connectivity index (χ3n) is 2.87. The molecule has 2 rings (SSSR count). The molecule has 2 aromatic rings. The standard InChI is InChI=1S/C15H17NO2S/c1-11-3-6-14(7-4-11)19(17)10-12-9-13(16)5-8-15(12)18-2/h3-9H,10,16H2,1-2H3. The van der Waals surface area contributed by atoms with E-state index in [0.717, 1.165) is 21.8 Å². The van der Waals surface area contributed by atoms with Crippen LogP contribution in [0.3, 0.4) is 0 Å². The Morgan fingerprint density at radius 1 is 1.16 bits per heavy atom. The molecule has 19 heavy (non-hydrogen) atoms. The van der Waals surface area contributed by atoms with Crippen molar-refractivity contribution in [3.8, 4) is 5.75 Å². The molecular formula is C15H17NO2S. The third kappa shape index (κ3) is 3.35. The monoisotopic (exact) mass is 275 g/mol. The van der Waals surface area contributed by atoms with Crippen LogP contribution in [0.4, 0.5) is 5.69 Å². The summed E-state index contributed by atoms with van der Waals surface area (Å²) in [6.07, 6.45) is 0. The lowest BCUT2D eigenvalue weighted by Crippen LogP contribution is -2.00. The van der Waals surface area contributed by atoms with Gasteiger partial charge in [-0.3, -0.25) is 4.21 Å². The lowest BCUT2D eigenvalue weighted by molar-refractivity contribution is 0.411. The van der Waals surface area contributed by atoms with E-state index in [0.29, 0.717) is 11.4 Å². The molecule has 0 fully saturated rings. The van der Waals surface area contributed by atoms with Gasteiger partial charge in [-0.25, -0.2) is 0 Å². The zero-order chi connectivity index (χ0) is 13.8. The van der Waals surface area contributed by atoms with Gasteiger partial charge >= 0.3 is 0 Å². The summed E-state index contributed by atoms with van der Waals surface area (Å²) < 4.78 is 17.6. The van der Waals surface area contributed by atoms with Crippen molar-refractivity contribution in [3.05, 3.63) is 53.6 Å². The van der Waals surface area contributed by atoms with Crippen LogP contribution in [0.25, 0.3) is 0 Å². The summed E-state index contributed by atoms with van der Waals surface area (Å²) in [7, 11) is 0.503. The molecular weight excluding hydrogens is 258 g/mol. The Bertz CT molecular complexity index is 594. The maximum atomic E-state index is 12.3. The molecule has 4 heteroatoms. The number of hydrogen-bond acceptors (Lipinski definition) is 3. The van der Waals surface area contributed by atoms with Gasteiger partial charge in [-0.05, 0) is 37.3 Å². The largest absolute Gasteiger partial charge is 0.496 e. The van der Waals surface area contributed by atoms with Crippen molar-refractivity contribution < 1.29 is 8.95 Å². The van der Waals surface area contributed by atoms with E-state index in [1.54, 1.807) is 19.2 Å². The Balaban J connectivity index is 2.23. The van der Waals surface area contributed by atoms with Crippen LogP contribution < -0.4 is 10.5 Å². The number of nitrogens with two attached hydrogens (primary N) is 1. The minimum atomic E-state index is -1.10. The van der Waals surface area contributed by atoms with E-state index >= 15 is 0 Å². The van der Waals surface area contributed by atoms with E-state index < -0.39 is 10.8 Å². The Hall–Kier alpha value is -1.81. The van der Waals surface area contributed by atoms with Gasteiger partial charge in [-0.1, -0.05) is 17.7 Å². The minimum absolute atomic E-state index is 0.400. The number of nitrogen functional groups attached to an aromatic ring is 1. The van der Waals surface area contributed by atoms with Crippen molar-refractivity contribution in [1.82, 2.24) is 0 Å². The van der Waals surface area contributed by atoms with Gasteiger partial charge in [0, 0.05) is 16.1 Å². The van der Waals surface area contributed by atoms with Gasteiger partial charge in [0.05, 0.1) is 23.7 Å². The Labute approximate surface area is 115 Å². The zero-order valence-electron chi connectivity index (χ0n) is 11.1. The van der Waals surface area contributed by atoms with Gasteiger partial charge in [-0.2, -0.15) is 0 Å². The van der Waals surface area contributed by atoms with Crippen molar-refractivity contribution in [3.63, 3.8) is 0 Å². The van der Waals surface area contributed by atoms with E-state index in [4.69, 9.17) is 10.5 Å². The lowest BCUT2D eigenvalue weighted by Gasteiger charge is -2.09. The first-order chi connectivity index (χ1) is 9.10. The van der Waals surface area contributed by atoms with Crippen molar-refractivity contribution >= 4 is 16.5 Å². The number of methoxy groups -OCH3 is 1. The summed E-state index contributed by atoms with van der Waals surface area (Å²) in [5.74, 6) is 1.12. The molecule has 1 atom stereocenters. The number of aryl methyl sites for hydroxylation is 1. The number of rotatable bonds is 4. The average Bonchev–Trinajstić information content (AvgIpc) is 2.39. The van der Waals surface area contributed by atoms with E-state index in [9.17, 15) is 4.21 Å². The van der Waals surface area contributed by atoms with Gasteiger partial charge in [0.2, 0.25) is 0 Å². The number of anilines is 1. The van der Waals surface area contributed by atoms with E-state index in [2.05, 4.69) is 0 Å². The van der Waals surface area contributed by atoms with Crippen molar-refractivity contribution in [2.45, 2.75) is 17.6 Å². The summed E-state index contributed by atoms with van der Waals surface area (Å²) in [4.78, 5) is 0.815. The first-order valence-corrected chi connectivity index (χ1v) is 7.29. The van der Waals surface area contributed by atoms with E-state index in [1.165, 1.54) is 0 Å². The van der Waals surface area contributed by atoms with Crippen molar-refractivity contribution in [2.24, 2.45) is 0 Å².